The van der Waals surface area contributed by atoms with Crippen LogP contribution in [0.2, 0.25) is 0 Å². The molecular weight excluding hydrogens is 378 g/mol. The Hall–Kier alpha value is -1.42. The molecular formula is C12H12FIN4O2. The van der Waals surface area contributed by atoms with E-state index in [2.05, 4.69) is 10.4 Å². The van der Waals surface area contributed by atoms with Crippen molar-refractivity contribution in [2.75, 3.05) is 11.4 Å². The second-order valence-electron chi connectivity index (χ2n) is 4.62. The third kappa shape index (κ3) is 2.12. The molecule has 1 aromatic heterocycles. The summed E-state index contributed by atoms with van der Waals surface area (Å²) in [4.78, 5) is 12.8. The van der Waals surface area contributed by atoms with Gasteiger partial charge in [0, 0.05) is 25.4 Å². The van der Waals surface area contributed by atoms with Gasteiger partial charge in [0.2, 0.25) is 12.3 Å². The lowest BCUT2D eigenvalue weighted by atomic mass is 10.2. The van der Waals surface area contributed by atoms with Gasteiger partial charge in [-0.3, -0.25) is 9.48 Å². The van der Waals surface area contributed by atoms with Crippen molar-refractivity contribution in [1.29, 1.82) is 0 Å². The first-order chi connectivity index (χ1) is 9.47. The minimum atomic E-state index is -1.14. The second-order valence-corrected chi connectivity index (χ2v) is 5.78. The molecule has 0 aliphatic carbocycles. The maximum Gasteiger partial charge on any atom is 0.225 e. The zero-order chi connectivity index (χ0) is 14.4. The number of hydrogen-bond acceptors (Lipinski definition) is 4. The zero-order valence-electron chi connectivity index (χ0n) is 10.6. The molecule has 2 aromatic rings. The van der Waals surface area contributed by atoms with Crippen molar-refractivity contribution in [3.05, 3.63) is 21.5 Å². The number of carbonyl (C=O) groups is 1. The number of aryl methyl sites for hydroxylation is 1. The molecule has 0 bridgehead atoms. The molecule has 1 aliphatic heterocycles. The van der Waals surface area contributed by atoms with Crippen LogP contribution in [0.25, 0.3) is 10.9 Å². The van der Waals surface area contributed by atoms with Crippen molar-refractivity contribution in [3.63, 3.8) is 0 Å². The van der Waals surface area contributed by atoms with E-state index in [1.54, 1.807) is 22.7 Å². The Morgan fingerprint density at radius 2 is 2.30 bits per heavy atom. The van der Waals surface area contributed by atoms with E-state index >= 15 is 0 Å². The minimum Gasteiger partial charge on any atom is -0.356 e. The number of aliphatic hydroxyl groups excluding tert-OH is 1. The lowest BCUT2D eigenvalue weighted by Gasteiger charge is -2.32. The van der Waals surface area contributed by atoms with Gasteiger partial charge in [-0.1, -0.05) is 0 Å². The highest BCUT2D eigenvalue weighted by Crippen LogP contribution is 2.30. The van der Waals surface area contributed by atoms with Gasteiger partial charge in [-0.15, -0.1) is 0 Å². The molecule has 1 fully saturated rings. The minimum absolute atomic E-state index is 0.213. The number of aliphatic hydroxyl groups is 1. The van der Waals surface area contributed by atoms with E-state index in [0.717, 1.165) is 5.52 Å². The van der Waals surface area contributed by atoms with Crippen molar-refractivity contribution in [3.8, 4) is 0 Å². The highest BCUT2D eigenvalue weighted by atomic mass is 127. The van der Waals surface area contributed by atoms with Crippen molar-refractivity contribution >= 4 is 45.2 Å². The Morgan fingerprint density at radius 3 is 3.00 bits per heavy atom. The number of hydrogen-bond donors (Lipinski definition) is 2. The van der Waals surface area contributed by atoms with Gasteiger partial charge in [0.05, 0.1) is 9.09 Å². The molecule has 1 amide bonds. The number of amides is 1. The monoisotopic (exact) mass is 390 g/mol. The molecule has 106 valence electrons. The maximum atomic E-state index is 13.8. The first kappa shape index (κ1) is 13.6. The summed E-state index contributed by atoms with van der Waals surface area (Å²) >= 11 is 1.92. The molecule has 20 heavy (non-hydrogen) atoms. The van der Waals surface area contributed by atoms with Gasteiger partial charge < -0.3 is 15.3 Å². The normalized spacial score (nSPS) is 19.5. The molecule has 0 saturated carbocycles. The summed E-state index contributed by atoms with van der Waals surface area (Å²) in [6, 6.07) is 3.11. The van der Waals surface area contributed by atoms with E-state index in [1.807, 2.05) is 22.6 Å². The predicted octanol–water partition coefficient (Wildman–Crippen LogP) is 0.919. The molecule has 1 aromatic carbocycles. The fourth-order valence-electron chi connectivity index (χ4n) is 2.31. The van der Waals surface area contributed by atoms with Crippen LogP contribution in [0.4, 0.5) is 10.2 Å². The number of anilines is 1. The van der Waals surface area contributed by atoms with Gasteiger partial charge in [-0.25, -0.2) is 4.39 Å². The third-order valence-corrected chi connectivity index (χ3v) is 4.14. The molecule has 3 rings (SSSR count). The smallest absolute Gasteiger partial charge is 0.225 e. The van der Waals surface area contributed by atoms with Crippen LogP contribution in [0, 0.1) is 9.39 Å². The van der Waals surface area contributed by atoms with Crippen LogP contribution < -0.4 is 10.2 Å². The SMILES string of the molecule is Cn1nc(N2CCC(=O)NC2O)c2cc(F)c(I)cc21. The number of nitrogens with zero attached hydrogens (tertiary/aromatic N) is 3. The average Bonchev–Trinajstić information content (AvgIpc) is 2.67. The van der Waals surface area contributed by atoms with Crippen molar-refractivity contribution in [2.24, 2.45) is 7.05 Å². The van der Waals surface area contributed by atoms with E-state index in [4.69, 9.17) is 0 Å². The number of aromatic nitrogens is 2. The predicted molar refractivity (Wildman–Crippen MR) is 79.5 cm³/mol. The Labute approximate surface area is 127 Å². The lowest BCUT2D eigenvalue weighted by molar-refractivity contribution is -0.125. The van der Waals surface area contributed by atoms with Gasteiger partial charge in [0.1, 0.15) is 5.82 Å². The molecule has 2 heterocycles. The number of rotatable bonds is 1. The largest absolute Gasteiger partial charge is 0.356 e. The Morgan fingerprint density at radius 1 is 1.55 bits per heavy atom. The number of halogens is 2. The summed E-state index contributed by atoms with van der Waals surface area (Å²) in [5.41, 5.74) is 0.773. The Kier molecular flexibility index (Phi) is 3.28. The number of benzene rings is 1. The van der Waals surface area contributed by atoms with Crippen molar-refractivity contribution < 1.29 is 14.3 Å². The molecule has 2 N–H and O–H groups in total. The molecule has 0 radical (unpaired) electrons. The average molecular weight is 390 g/mol. The fraction of sp³-hybridized carbons (Fsp3) is 0.333. The summed E-state index contributed by atoms with van der Waals surface area (Å²) in [6.45, 7) is 0.340. The van der Waals surface area contributed by atoms with Gasteiger partial charge >= 0.3 is 0 Å². The van der Waals surface area contributed by atoms with E-state index in [-0.39, 0.29) is 18.1 Å². The standard InChI is InChI=1S/C12H12FIN4O2/c1-17-9-5-8(14)7(13)4-6(9)11(16-17)18-3-2-10(19)15-12(18)20/h4-5,12,20H,2-3H2,1H3,(H,15,19). The summed E-state index contributed by atoms with van der Waals surface area (Å²) < 4.78 is 15.9. The van der Waals surface area contributed by atoms with Crippen molar-refractivity contribution in [2.45, 2.75) is 12.8 Å². The highest BCUT2D eigenvalue weighted by Gasteiger charge is 2.28. The molecule has 1 saturated heterocycles. The van der Waals surface area contributed by atoms with Crippen LogP contribution in [-0.4, -0.2) is 33.7 Å². The van der Waals surface area contributed by atoms with Crippen LogP contribution in [0.1, 0.15) is 6.42 Å². The fourth-order valence-corrected chi connectivity index (χ4v) is 2.76. The molecule has 0 spiro atoms. The highest BCUT2D eigenvalue weighted by molar-refractivity contribution is 14.1. The zero-order valence-corrected chi connectivity index (χ0v) is 12.8. The van der Waals surface area contributed by atoms with E-state index in [9.17, 15) is 14.3 Å². The van der Waals surface area contributed by atoms with Gasteiger partial charge in [0.25, 0.3) is 0 Å². The molecule has 8 heteroatoms. The molecule has 1 unspecified atom stereocenters. The van der Waals surface area contributed by atoms with Crippen molar-refractivity contribution in [1.82, 2.24) is 15.1 Å². The first-order valence-corrected chi connectivity index (χ1v) is 7.11. The topological polar surface area (TPSA) is 70.4 Å². The number of fused-ring (bicyclic) bond motifs is 1. The third-order valence-electron chi connectivity index (χ3n) is 3.31. The summed E-state index contributed by atoms with van der Waals surface area (Å²) in [5, 5.41) is 17.3. The van der Waals surface area contributed by atoms with Crippen LogP contribution >= 0.6 is 22.6 Å². The Balaban J connectivity index is 2.12. The Bertz CT molecular complexity index is 702. The summed E-state index contributed by atoms with van der Waals surface area (Å²) in [6.07, 6.45) is -0.876. The first-order valence-electron chi connectivity index (χ1n) is 6.03. The van der Waals surface area contributed by atoms with Crippen LogP contribution in [-0.2, 0) is 11.8 Å². The number of nitrogens with one attached hydrogen (secondary N) is 1. The van der Waals surface area contributed by atoms with Crippen LogP contribution in [0.15, 0.2) is 12.1 Å². The van der Waals surface area contributed by atoms with Crippen LogP contribution in [0.5, 0.6) is 0 Å². The second kappa shape index (κ2) is 4.85. The van der Waals surface area contributed by atoms with Gasteiger partial charge in [0.15, 0.2) is 5.82 Å². The maximum absolute atomic E-state index is 13.8. The van der Waals surface area contributed by atoms with E-state index < -0.39 is 6.35 Å². The number of carbonyl (C=O) groups excluding carboxylic acids is 1. The van der Waals surface area contributed by atoms with Crippen LogP contribution in [0.3, 0.4) is 0 Å². The summed E-state index contributed by atoms with van der Waals surface area (Å²) in [7, 11) is 1.76. The molecule has 1 aliphatic rings. The van der Waals surface area contributed by atoms with Gasteiger partial charge in [-0.2, -0.15) is 5.10 Å². The van der Waals surface area contributed by atoms with E-state index in [0.29, 0.717) is 21.3 Å². The van der Waals surface area contributed by atoms with Gasteiger partial charge in [-0.05, 0) is 34.7 Å². The van der Waals surface area contributed by atoms with E-state index in [1.165, 1.54) is 6.07 Å². The lowest BCUT2D eigenvalue weighted by Crippen LogP contribution is -2.54. The summed E-state index contributed by atoms with van der Waals surface area (Å²) in [5.74, 6) is -0.0806. The quantitative estimate of drug-likeness (QED) is 0.711. The molecule has 6 nitrogen and oxygen atoms in total. The molecule has 1 atom stereocenters.